The number of carbonyl (C=O) groups excluding carboxylic acids is 1. The zero-order chi connectivity index (χ0) is 13.2. The monoisotopic (exact) mass is 264 g/mol. The van der Waals surface area contributed by atoms with E-state index in [0.29, 0.717) is 6.61 Å². The Morgan fingerprint density at radius 1 is 1.44 bits per heavy atom. The summed E-state index contributed by atoms with van der Waals surface area (Å²) in [4.78, 5) is 12.3. The van der Waals surface area contributed by atoms with Gasteiger partial charge in [-0.15, -0.1) is 0 Å². The number of thiocarbonyl (C=S) groups is 1. The summed E-state index contributed by atoms with van der Waals surface area (Å²) in [6.07, 6.45) is 1.48. The van der Waals surface area contributed by atoms with E-state index in [9.17, 15) is 4.79 Å². The molecule has 0 spiro atoms. The topological polar surface area (TPSA) is 64.3 Å². The molecule has 1 aromatic rings. The summed E-state index contributed by atoms with van der Waals surface area (Å²) in [6, 6.07) is 7.25. The lowest BCUT2D eigenvalue weighted by atomic mass is 10.1. The van der Waals surface area contributed by atoms with Crippen LogP contribution in [0.5, 0.6) is 5.75 Å². The largest absolute Gasteiger partial charge is 0.494 e. The Balaban J connectivity index is 2.01. The number of hydrogen-bond acceptors (Lipinski definition) is 3. The minimum atomic E-state index is -0.617. The summed E-state index contributed by atoms with van der Waals surface area (Å²) in [5.41, 5.74) is 5.71. The van der Waals surface area contributed by atoms with Crippen LogP contribution in [-0.4, -0.2) is 17.5 Å². The van der Waals surface area contributed by atoms with Gasteiger partial charge in [0.25, 0.3) is 0 Å². The Hall–Kier alpha value is -1.62. The highest BCUT2D eigenvalue weighted by molar-refractivity contribution is 7.80. The first-order chi connectivity index (χ1) is 8.58. The number of amides is 1. The Bertz CT molecular complexity index is 466. The smallest absolute Gasteiger partial charge is 0.237 e. The highest BCUT2D eigenvalue weighted by Crippen LogP contribution is 2.46. The van der Waals surface area contributed by atoms with Gasteiger partial charge in [-0.1, -0.05) is 12.2 Å². The highest BCUT2D eigenvalue weighted by Gasteiger charge is 2.52. The standard InChI is InChI=1S/C13H16N2O2S/c1-2-17-10-5-3-9(4-6-10)15-12(16)13(7-8-13)11(14)18/h3-6H,2,7-8H2,1H3,(H2,14,18)(H,15,16). The third kappa shape index (κ3) is 2.46. The number of benzene rings is 1. The first-order valence-electron chi connectivity index (χ1n) is 5.93. The Labute approximate surface area is 112 Å². The fourth-order valence-electron chi connectivity index (χ4n) is 1.76. The zero-order valence-electron chi connectivity index (χ0n) is 10.2. The second kappa shape index (κ2) is 4.94. The van der Waals surface area contributed by atoms with E-state index in [1.54, 1.807) is 12.1 Å². The van der Waals surface area contributed by atoms with Crippen LogP contribution in [0.1, 0.15) is 19.8 Å². The van der Waals surface area contributed by atoms with Crippen molar-refractivity contribution in [2.45, 2.75) is 19.8 Å². The van der Waals surface area contributed by atoms with E-state index in [4.69, 9.17) is 22.7 Å². The van der Waals surface area contributed by atoms with Crippen molar-refractivity contribution >= 4 is 28.8 Å². The molecule has 1 aliphatic rings. The van der Waals surface area contributed by atoms with Crippen LogP contribution in [-0.2, 0) is 4.79 Å². The summed E-state index contributed by atoms with van der Waals surface area (Å²) in [5.74, 6) is 0.671. The van der Waals surface area contributed by atoms with Crippen molar-refractivity contribution in [2.75, 3.05) is 11.9 Å². The molecule has 0 radical (unpaired) electrons. The molecular weight excluding hydrogens is 248 g/mol. The van der Waals surface area contributed by atoms with Gasteiger partial charge in [-0.25, -0.2) is 0 Å². The second-order valence-corrected chi connectivity index (χ2v) is 4.80. The summed E-state index contributed by atoms with van der Waals surface area (Å²) in [6.45, 7) is 2.55. The van der Waals surface area contributed by atoms with Gasteiger partial charge < -0.3 is 15.8 Å². The molecule has 5 heteroatoms. The maximum absolute atomic E-state index is 12.0. The molecule has 0 bridgehead atoms. The van der Waals surface area contributed by atoms with Gasteiger partial charge in [0, 0.05) is 5.69 Å². The van der Waals surface area contributed by atoms with Gasteiger partial charge in [0.05, 0.1) is 17.0 Å². The first-order valence-corrected chi connectivity index (χ1v) is 6.33. The summed E-state index contributed by atoms with van der Waals surface area (Å²) in [5, 5.41) is 2.83. The van der Waals surface area contributed by atoms with Gasteiger partial charge in [0.1, 0.15) is 5.75 Å². The molecule has 0 saturated heterocycles. The Morgan fingerprint density at radius 2 is 2.06 bits per heavy atom. The molecule has 1 amide bonds. The Morgan fingerprint density at radius 3 is 2.50 bits per heavy atom. The molecule has 1 aliphatic carbocycles. The lowest BCUT2D eigenvalue weighted by Gasteiger charge is -2.13. The maximum atomic E-state index is 12.0. The average molecular weight is 264 g/mol. The minimum Gasteiger partial charge on any atom is -0.494 e. The molecule has 0 aromatic heterocycles. The van der Waals surface area contributed by atoms with Gasteiger partial charge >= 0.3 is 0 Å². The second-order valence-electron chi connectivity index (χ2n) is 4.36. The number of nitrogens with two attached hydrogens (primary N) is 1. The van der Waals surface area contributed by atoms with E-state index in [1.165, 1.54) is 0 Å². The number of carbonyl (C=O) groups is 1. The van der Waals surface area contributed by atoms with Crippen molar-refractivity contribution in [1.29, 1.82) is 0 Å². The van der Waals surface area contributed by atoms with Crippen LogP contribution in [0.15, 0.2) is 24.3 Å². The van der Waals surface area contributed by atoms with Crippen molar-refractivity contribution in [2.24, 2.45) is 11.1 Å². The van der Waals surface area contributed by atoms with Gasteiger partial charge in [-0.2, -0.15) is 0 Å². The fraction of sp³-hybridized carbons (Fsp3) is 0.385. The summed E-state index contributed by atoms with van der Waals surface area (Å²) >= 11 is 4.94. The van der Waals surface area contributed by atoms with E-state index in [-0.39, 0.29) is 10.9 Å². The van der Waals surface area contributed by atoms with E-state index >= 15 is 0 Å². The molecule has 1 aromatic carbocycles. The van der Waals surface area contributed by atoms with Crippen LogP contribution in [0.4, 0.5) is 5.69 Å². The molecule has 2 rings (SSSR count). The van der Waals surface area contributed by atoms with Crippen molar-refractivity contribution in [1.82, 2.24) is 0 Å². The molecule has 18 heavy (non-hydrogen) atoms. The van der Waals surface area contributed by atoms with E-state index in [1.807, 2.05) is 19.1 Å². The number of hydrogen-bond donors (Lipinski definition) is 2. The van der Waals surface area contributed by atoms with Gasteiger partial charge in [0.2, 0.25) is 5.91 Å². The average Bonchev–Trinajstić information content (AvgIpc) is 3.13. The number of anilines is 1. The number of rotatable bonds is 5. The Kier molecular flexibility index (Phi) is 3.52. The van der Waals surface area contributed by atoms with E-state index in [2.05, 4.69) is 5.32 Å². The van der Waals surface area contributed by atoms with Crippen molar-refractivity contribution in [3.8, 4) is 5.75 Å². The molecule has 1 fully saturated rings. The van der Waals surface area contributed by atoms with Gasteiger partial charge in [-0.3, -0.25) is 4.79 Å². The fourth-order valence-corrected chi connectivity index (χ4v) is 2.06. The molecule has 0 unspecified atom stereocenters. The lowest BCUT2D eigenvalue weighted by molar-refractivity contribution is -0.118. The van der Waals surface area contributed by atoms with Crippen LogP contribution in [0.3, 0.4) is 0 Å². The maximum Gasteiger partial charge on any atom is 0.237 e. The molecule has 0 heterocycles. The normalized spacial score (nSPS) is 15.8. The minimum absolute atomic E-state index is 0.112. The third-order valence-electron chi connectivity index (χ3n) is 3.08. The quantitative estimate of drug-likeness (QED) is 0.799. The number of nitrogens with one attached hydrogen (secondary N) is 1. The first kappa shape index (κ1) is 12.8. The summed E-state index contributed by atoms with van der Waals surface area (Å²) < 4.78 is 5.33. The summed E-state index contributed by atoms with van der Waals surface area (Å²) in [7, 11) is 0. The van der Waals surface area contributed by atoms with Crippen LogP contribution in [0, 0.1) is 5.41 Å². The van der Waals surface area contributed by atoms with Gasteiger partial charge in [0.15, 0.2) is 0 Å². The van der Waals surface area contributed by atoms with Crippen molar-refractivity contribution in [3.05, 3.63) is 24.3 Å². The van der Waals surface area contributed by atoms with Crippen molar-refractivity contribution < 1.29 is 9.53 Å². The number of ether oxygens (including phenoxy) is 1. The molecule has 1 saturated carbocycles. The predicted molar refractivity (Wildman–Crippen MR) is 74.7 cm³/mol. The van der Waals surface area contributed by atoms with Gasteiger partial charge in [-0.05, 0) is 44.0 Å². The predicted octanol–water partition coefficient (Wildman–Crippen LogP) is 2.09. The molecule has 96 valence electrons. The molecule has 0 atom stereocenters. The van der Waals surface area contributed by atoms with Crippen LogP contribution in [0.2, 0.25) is 0 Å². The van der Waals surface area contributed by atoms with Crippen LogP contribution in [0.25, 0.3) is 0 Å². The van der Waals surface area contributed by atoms with E-state index < -0.39 is 5.41 Å². The SMILES string of the molecule is CCOc1ccc(NC(=O)C2(C(N)=S)CC2)cc1. The molecule has 3 N–H and O–H groups in total. The third-order valence-corrected chi connectivity index (χ3v) is 3.47. The molecule has 0 aliphatic heterocycles. The lowest BCUT2D eigenvalue weighted by Crippen LogP contribution is -2.34. The van der Waals surface area contributed by atoms with Crippen LogP contribution >= 0.6 is 12.2 Å². The molecule has 4 nitrogen and oxygen atoms in total. The zero-order valence-corrected chi connectivity index (χ0v) is 11.0. The van der Waals surface area contributed by atoms with E-state index in [0.717, 1.165) is 24.3 Å². The highest BCUT2D eigenvalue weighted by atomic mass is 32.1. The van der Waals surface area contributed by atoms with Crippen LogP contribution < -0.4 is 15.8 Å². The molecular formula is C13H16N2O2S. The van der Waals surface area contributed by atoms with Crippen molar-refractivity contribution in [3.63, 3.8) is 0 Å².